The van der Waals surface area contributed by atoms with Crippen molar-refractivity contribution in [3.05, 3.63) is 29.8 Å². The molecule has 0 bridgehead atoms. The number of hydrogen-bond acceptors (Lipinski definition) is 4. The van der Waals surface area contributed by atoms with Crippen LogP contribution in [-0.4, -0.2) is 34.1 Å². The van der Waals surface area contributed by atoms with E-state index in [-0.39, 0.29) is 16.4 Å². The number of unbranched alkanes of at least 4 members (excludes halogenated alkanes) is 1. The molecule has 1 aromatic rings. The van der Waals surface area contributed by atoms with Crippen molar-refractivity contribution >= 4 is 25.6 Å². The van der Waals surface area contributed by atoms with Gasteiger partial charge in [0.05, 0.1) is 11.5 Å². The maximum Gasteiger partial charge on any atom is 0.261 e. The van der Waals surface area contributed by atoms with E-state index in [4.69, 9.17) is 15.4 Å². The molecule has 20 heavy (non-hydrogen) atoms. The van der Waals surface area contributed by atoms with Crippen molar-refractivity contribution in [3.8, 4) is 0 Å². The van der Waals surface area contributed by atoms with Crippen LogP contribution >= 0.6 is 10.7 Å². The summed E-state index contributed by atoms with van der Waals surface area (Å²) in [4.78, 5) is 11.7. The monoisotopic (exact) mass is 319 g/mol. The van der Waals surface area contributed by atoms with Crippen LogP contribution in [0.2, 0.25) is 0 Å². The highest BCUT2D eigenvalue weighted by molar-refractivity contribution is 8.13. The number of amides is 1. The molecule has 7 heteroatoms. The van der Waals surface area contributed by atoms with Crippen LogP contribution in [-0.2, 0) is 13.8 Å². The molecule has 0 aromatic heterocycles. The molecular weight excluding hydrogens is 302 g/mol. The predicted molar refractivity (Wildman–Crippen MR) is 77.5 cm³/mol. The van der Waals surface area contributed by atoms with E-state index in [1.54, 1.807) is 0 Å². The summed E-state index contributed by atoms with van der Waals surface area (Å²) in [6.45, 7) is 3.55. The Balaban J connectivity index is 2.48. The molecule has 0 saturated carbocycles. The highest BCUT2D eigenvalue weighted by atomic mass is 35.7. The summed E-state index contributed by atoms with van der Waals surface area (Å²) < 4.78 is 27.7. The van der Waals surface area contributed by atoms with Gasteiger partial charge in [0.2, 0.25) is 0 Å². The highest BCUT2D eigenvalue weighted by Crippen LogP contribution is 2.15. The Bertz CT molecular complexity index is 545. The second-order valence-electron chi connectivity index (χ2n) is 4.19. The molecule has 0 unspecified atom stereocenters. The third-order valence-electron chi connectivity index (χ3n) is 2.55. The van der Waals surface area contributed by atoms with Gasteiger partial charge < -0.3 is 10.1 Å². The molecule has 0 heterocycles. The molecule has 1 rings (SSSR count). The Morgan fingerprint density at radius 3 is 2.75 bits per heavy atom. The smallest absolute Gasteiger partial charge is 0.261 e. The van der Waals surface area contributed by atoms with Gasteiger partial charge in [-0.05, 0) is 24.6 Å². The Morgan fingerprint density at radius 2 is 2.10 bits per heavy atom. The number of nitrogens with one attached hydrogen (secondary N) is 1. The first-order chi connectivity index (χ1) is 9.45. The Kier molecular flexibility index (Phi) is 6.98. The SMILES string of the molecule is CCCCOCCNC(=O)c1cccc(S(=O)(=O)Cl)c1. The molecule has 1 N–H and O–H groups in total. The summed E-state index contributed by atoms with van der Waals surface area (Å²) in [6, 6.07) is 5.59. The van der Waals surface area contributed by atoms with Gasteiger partial charge in [-0.1, -0.05) is 19.4 Å². The zero-order valence-corrected chi connectivity index (χ0v) is 12.8. The van der Waals surface area contributed by atoms with Crippen molar-refractivity contribution in [2.45, 2.75) is 24.7 Å². The van der Waals surface area contributed by atoms with Crippen molar-refractivity contribution in [2.75, 3.05) is 19.8 Å². The van der Waals surface area contributed by atoms with E-state index >= 15 is 0 Å². The third-order valence-corrected chi connectivity index (χ3v) is 3.90. The van der Waals surface area contributed by atoms with E-state index in [1.807, 2.05) is 0 Å². The number of hydrogen-bond donors (Lipinski definition) is 1. The van der Waals surface area contributed by atoms with Crippen LogP contribution in [0.15, 0.2) is 29.2 Å². The lowest BCUT2D eigenvalue weighted by Gasteiger charge is -2.06. The fraction of sp³-hybridized carbons (Fsp3) is 0.462. The molecule has 0 atom stereocenters. The Labute approximate surface area is 123 Å². The van der Waals surface area contributed by atoms with E-state index in [0.717, 1.165) is 12.8 Å². The number of halogens is 1. The van der Waals surface area contributed by atoms with E-state index in [2.05, 4.69) is 12.2 Å². The van der Waals surface area contributed by atoms with E-state index in [1.165, 1.54) is 24.3 Å². The van der Waals surface area contributed by atoms with Gasteiger partial charge >= 0.3 is 0 Å². The summed E-state index contributed by atoms with van der Waals surface area (Å²) in [7, 11) is 1.40. The van der Waals surface area contributed by atoms with Crippen molar-refractivity contribution in [1.82, 2.24) is 5.32 Å². The average molecular weight is 320 g/mol. The number of carbonyl (C=O) groups is 1. The lowest BCUT2D eigenvalue weighted by atomic mass is 10.2. The summed E-state index contributed by atoms with van der Waals surface area (Å²) in [5, 5.41) is 2.65. The van der Waals surface area contributed by atoms with Crippen molar-refractivity contribution in [1.29, 1.82) is 0 Å². The molecule has 0 spiro atoms. The fourth-order valence-corrected chi connectivity index (χ4v) is 2.27. The van der Waals surface area contributed by atoms with Gasteiger partial charge in [-0.3, -0.25) is 4.79 Å². The molecule has 1 amide bonds. The minimum absolute atomic E-state index is 0.0917. The van der Waals surface area contributed by atoms with Crippen LogP contribution in [0.4, 0.5) is 0 Å². The summed E-state index contributed by atoms with van der Waals surface area (Å²) in [6.07, 6.45) is 2.05. The number of carbonyl (C=O) groups excluding carboxylic acids is 1. The summed E-state index contributed by atoms with van der Waals surface area (Å²) >= 11 is 0. The Morgan fingerprint density at radius 1 is 1.35 bits per heavy atom. The zero-order valence-electron chi connectivity index (χ0n) is 11.3. The minimum atomic E-state index is -3.83. The lowest BCUT2D eigenvalue weighted by molar-refractivity contribution is 0.0912. The van der Waals surface area contributed by atoms with Gasteiger partial charge in [0.25, 0.3) is 15.0 Å². The first-order valence-electron chi connectivity index (χ1n) is 6.36. The van der Waals surface area contributed by atoms with Crippen LogP contribution in [0.5, 0.6) is 0 Å². The topological polar surface area (TPSA) is 72.5 Å². The van der Waals surface area contributed by atoms with E-state index in [0.29, 0.717) is 19.8 Å². The fourth-order valence-electron chi connectivity index (χ4n) is 1.48. The van der Waals surface area contributed by atoms with Gasteiger partial charge in [-0.25, -0.2) is 8.42 Å². The van der Waals surface area contributed by atoms with Gasteiger partial charge in [-0.15, -0.1) is 0 Å². The number of benzene rings is 1. The van der Waals surface area contributed by atoms with E-state index in [9.17, 15) is 13.2 Å². The van der Waals surface area contributed by atoms with Crippen LogP contribution < -0.4 is 5.32 Å². The average Bonchev–Trinajstić information content (AvgIpc) is 2.41. The predicted octanol–water partition coefficient (Wildman–Crippen LogP) is 2.16. The number of ether oxygens (including phenoxy) is 1. The van der Waals surface area contributed by atoms with Crippen LogP contribution in [0.25, 0.3) is 0 Å². The van der Waals surface area contributed by atoms with Crippen LogP contribution in [0.3, 0.4) is 0 Å². The second kappa shape index (κ2) is 8.24. The molecule has 0 aliphatic rings. The van der Waals surface area contributed by atoms with Gasteiger partial charge in [0, 0.05) is 29.4 Å². The van der Waals surface area contributed by atoms with Crippen molar-refractivity contribution < 1.29 is 17.9 Å². The molecule has 1 aromatic carbocycles. The van der Waals surface area contributed by atoms with Gasteiger partial charge in [0.1, 0.15) is 0 Å². The van der Waals surface area contributed by atoms with Crippen LogP contribution in [0, 0.1) is 0 Å². The highest BCUT2D eigenvalue weighted by Gasteiger charge is 2.12. The molecule has 0 aliphatic heterocycles. The van der Waals surface area contributed by atoms with Crippen molar-refractivity contribution in [3.63, 3.8) is 0 Å². The molecule has 0 fully saturated rings. The van der Waals surface area contributed by atoms with Gasteiger partial charge in [0.15, 0.2) is 0 Å². The molecule has 112 valence electrons. The van der Waals surface area contributed by atoms with E-state index < -0.39 is 9.05 Å². The van der Waals surface area contributed by atoms with Crippen molar-refractivity contribution in [2.24, 2.45) is 0 Å². The second-order valence-corrected chi connectivity index (χ2v) is 6.75. The first-order valence-corrected chi connectivity index (χ1v) is 8.66. The normalized spacial score (nSPS) is 11.3. The standard InChI is InChI=1S/C13H18ClNO4S/c1-2-3-8-19-9-7-15-13(16)11-5-4-6-12(10-11)20(14,17)18/h4-6,10H,2-3,7-9H2,1H3,(H,15,16). The maximum absolute atomic E-state index is 11.8. The minimum Gasteiger partial charge on any atom is -0.380 e. The zero-order chi connectivity index (χ0) is 15.0. The molecular formula is C13H18ClNO4S. The molecule has 0 saturated heterocycles. The number of rotatable bonds is 8. The first kappa shape index (κ1) is 16.9. The summed E-state index contributed by atoms with van der Waals surface area (Å²) in [5.74, 6) is -0.355. The lowest BCUT2D eigenvalue weighted by Crippen LogP contribution is -2.27. The Hall–Kier alpha value is -1.11. The molecule has 0 radical (unpaired) electrons. The maximum atomic E-state index is 11.8. The largest absolute Gasteiger partial charge is 0.380 e. The third kappa shape index (κ3) is 5.90. The summed E-state index contributed by atoms with van der Waals surface area (Å²) in [5.41, 5.74) is 0.250. The van der Waals surface area contributed by atoms with Gasteiger partial charge in [-0.2, -0.15) is 0 Å². The molecule has 5 nitrogen and oxygen atoms in total. The molecule has 0 aliphatic carbocycles. The van der Waals surface area contributed by atoms with Crippen LogP contribution in [0.1, 0.15) is 30.1 Å². The quantitative estimate of drug-likeness (QED) is 0.588.